The summed E-state index contributed by atoms with van der Waals surface area (Å²) < 4.78 is 14.6. The molecule has 0 bridgehead atoms. The number of aromatic nitrogens is 1. The fourth-order valence-corrected chi connectivity index (χ4v) is 2.54. The van der Waals surface area contributed by atoms with Crippen molar-refractivity contribution in [2.24, 2.45) is 0 Å². The van der Waals surface area contributed by atoms with Gasteiger partial charge in [-0.3, -0.25) is 0 Å². The van der Waals surface area contributed by atoms with Crippen molar-refractivity contribution in [2.75, 3.05) is 19.5 Å². The molecule has 2 rings (SSSR count). The fraction of sp³-hybridized carbons (Fsp3) is 0.286. The predicted octanol–water partition coefficient (Wildman–Crippen LogP) is 2.95. The highest BCUT2D eigenvalue weighted by Gasteiger charge is 2.10. The summed E-state index contributed by atoms with van der Waals surface area (Å²) in [6, 6.07) is 7.88. The van der Waals surface area contributed by atoms with Crippen LogP contribution < -0.4 is 14.8 Å². The molecule has 104 valence electrons. The number of nitrogens with one attached hydrogen (secondary N) is 1. The van der Waals surface area contributed by atoms with Gasteiger partial charge in [-0.15, -0.1) is 0 Å². The highest BCUT2D eigenvalue weighted by molar-refractivity contribution is 7.10. The van der Waals surface area contributed by atoms with E-state index in [1.54, 1.807) is 14.2 Å². The molecule has 0 saturated heterocycles. The maximum atomic E-state index is 9.08. The molecule has 0 radical (unpaired) electrons. The van der Waals surface area contributed by atoms with E-state index in [0.29, 0.717) is 23.6 Å². The van der Waals surface area contributed by atoms with Crippen LogP contribution in [-0.4, -0.2) is 18.6 Å². The van der Waals surface area contributed by atoms with E-state index in [1.807, 2.05) is 25.1 Å². The molecule has 0 atom stereocenters. The first-order valence-electron chi connectivity index (χ1n) is 6.00. The number of methoxy groups -OCH3 is 2. The Morgan fingerprint density at radius 1 is 1.30 bits per heavy atom. The molecule has 0 aliphatic heterocycles. The summed E-state index contributed by atoms with van der Waals surface area (Å²) >= 11 is 1.30. The van der Waals surface area contributed by atoms with E-state index in [-0.39, 0.29) is 0 Å². The number of benzene rings is 1. The molecule has 1 aromatic carbocycles. The number of nitriles is 1. The van der Waals surface area contributed by atoms with Crippen molar-refractivity contribution in [3.8, 4) is 17.6 Å². The topological polar surface area (TPSA) is 67.2 Å². The SMILES string of the molecule is COc1ccc(CNc2snc(C)c2C#N)cc1OC. The second kappa shape index (κ2) is 6.26. The molecule has 5 nitrogen and oxygen atoms in total. The molecule has 1 N–H and O–H groups in total. The minimum Gasteiger partial charge on any atom is -0.493 e. The van der Waals surface area contributed by atoms with Gasteiger partial charge < -0.3 is 14.8 Å². The molecule has 0 unspecified atom stereocenters. The minimum atomic E-state index is 0.594. The number of ether oxygens (including phenoxy) is 2. The van der Waals surface area contributed by atoms with Crippen molar-refractivity contribution in [3.63, 3.8) is 0 Å². The Balaban J connectivity index is 2.13. The fourth-order valence-electron chi connectivity index (χ4n) is 1.79. The quantitative estimate of drug-likeness (QED) is 0.916. The molecule has 1 heterocycles. The van der Waals surface area contributed by atoms with Crippen LogP contribution in [0.1, 0.15) is 16.8 Å². The number of hydrogen-bond acceptors (Lipinski definition) is 6. The molecule has 0 aliphatic carbocycles. The number of nitrogens with zero attached hydrogens (tertiary/aromatic N) is 2. The van der Waals surface area contributed by atoms with Gasteiger partial charge in [-0.2, -0.15) is 9.64 Å². The monoisotopic (exact) mass is 289 g/mol. The predicted molar refractivity (Wildman–Crippen MR) is 78.4 cm³/mol. The Bertz CT molecular complexity index is 646. The molecule has 1 aromatic heterocycles. The first kappa shape index (κ1) is 14.2. The number of hydrogen-bond donors (Lipinski definition) is 1. The summed E-state index contributed by atoms with van der Waals surface area (Å²) in [4.78, 5) is 0. The molecular weight excluding hydrogens is 274 g/mol. The molecule has 0 spiro atoms. The van der Waals surface area contributed by atoms with E-state index in [4.69, 9.17) is 14.7 Å². The van der Waals surface area contributed by atoms with Crippen molar-refractivity contribution in [2.45, 2.75) is 13.5 Å². The summed E-state index contributed by atoms with van der Waals surface area (Å²) in [5.74, 6) is 1.38. The van der Waals surface area contributed by atoms with Crippen molar-refractivity contribution in [1.82, 2.24) is 4.37 Å². The zero-order valence-corrected chi connectivity index (χ0v) is 12.4. The zero-order chi connectivity index (χ0) is 14.5. The van der Waals surface area contributed by atoms with E-state index < -0.39 is 0 Å². The summed E-state index contributed by atoms with van der Waals surface area (Å²) in [6.45, 7) is 2.42. The Labute approximate surface area is 121 Å². The van der Waals surface area contributed by atoms with Crippen LogP contribution in [0, 0.1) is 18.3 Å². The van der Waals surface area contributed by atoms with Gasteiger partial charge in [-0.25, -0.2) is 0 Å². The average Bonchev–Trinajstić information content (AvgIpc) is 2.84. The normalized spacial score (nSPS) is 9.90. The van der Waals surface area contributed by atoms with E-state index in [2.05, 4.69) is 15.8 Å². The van der Waals surface area contributed by atoms with Crippen molar-refractivity contribution in [1.29, 1.82) is 5.26 Å². The van der Waals surface area contributed by atoms with Gasteiger partial charge in [-0.1, -0.05) is 6.07 Å². The largest absolute Gasteiger partial charge is 0.493 e. The highest BCUT2D eigenvalue weighted by Crippen LogP contribution is 2.29. The van der Waals surface area contributed by atoms with Crippen LogP contribution in [0.25, 0.3) is 0 Å². The molecule has 6 heteroatoms. The van der Waals surface area contributed by atoms with Gasteiger partial charge in [0.2, 0.25) is 0 Å². The van der Waals surface area contributed by atoms with E-state index >= 15 is 0 Å². The molecule has 20 heavy (non-hydrogen) atoms. The van der Waals surface area contributed by atoms with Crippen molar-refractivity contribution in [3.05, 3.63) is 35.0 Å². The van der Waals surface area contributed by atoms with E-state index in [0.717, 1.165) is 16.3 Å². The molecule has 0 amide bonds. The van der Waals surface area contributed by atoms with Crippen LogP contribution in [0.3, 0.4) is 0 Å². The van der Waals surface area contributed by atoms with Crippen LogP contribution in [-0.2, 0) is 6.54 Å². The average molecular weight is 289 g/mol. The van der Waals surface area contributed by atoms with Gasteiger partial charge in [-0.05, 0) is 36.2 Å². The minimum absolute atomic E-state index is 0.594. The van der Waals surface area contributed by atoms with Gasteiger partial charge in [0.05, 0.1) is 19.9 Å². The van der Waals surface area contributed by atoms with Crippen molar-refractivity contribution >= 4 is 16.5 Å². The number of aryl methyl sites for hydroxylation is 1. The van der Waals surface area contributed by atoms with Gasteiger partial charge in [0.25, 0.3) is 0 Å². The molecular formula is C14H15N3O2S. The van der Waals surface area contributed by atoms with E-state index in [1.165, 1.54) is 11.5 Å². The summed E-state index contributed by atoms with van der Waals surface area (Å²) in [7, 11) is 3.21. The van der Waals surface area contributed by atoms with Gasteiger partial charge in [0.15, 0.2) is 11.5 Å². The lowest BCUT2D eigenvalue weighted by Crippen LogP contribution is -2.00. The summed E-state index contributed by atoms with van der Waals surface area (Å²) in [6.07, 6.45) is 0. The van der Waals surface area contributed by atoms with Gasteiger partial charge in [0.1, 0.15) is 16.6 Å². The smallest absolute Gasteiger partial charge is 0.161 e. The lowest BCUT2D eigenvalue weighted by atomic mass is 10.2. The molecule has 2 aromatic rings. The third-order valence-corrected chi connectivity index (χ3v) is 3.77. The third kappa shape index (κ3) is 2.83. The van der Waals surface area contributed by atoms with Gasteiger partial charge >= 0.3 is 0 Å². The number of rotatable bonds is 5. The van der Waals surface area contributed by atoms with Crippen LogP contribution in [0.4, 0.5) is 5.00 Å². The highest BCUT2D eigenvalue weighted by atomic mass is 32.1. The Hall–Kier alpha value is -2.26. The first-order valence-corrected chi connectivity index (χ1v) is 6.78. The lowest BCUT2D eigenvalue weighted by Gasteiger charge is -2.10. The third-order valence-electron chi connectivity index (χ3n) is 2.88. The Morgan fingerprint density at radius 2 is 2.05 bits per heavy atom. The van der Waals surface area contributed by atoms with Crippen LogP contribution in [0.15, 0.2) is 18.2 Å². The zero-order valence-electron chi connectivity index (χ0n) is 11.6. The second-order valence-electron chi connectivity index (χ2n) is 4.13. The van der Waals surface area contributed by atoms with Crippen LogP contribution >= 0.6 is 11.5 Å². The van der Waals surface area contributed by atoms with Crippen molar-refractivity contribution < 1.29 is 9.47 Å². The Morgan fingerprint density at radius 3 is 2.70 bits per heavy atom. The Kier molecular flexibility index (Phi) is 4.43. The lowest BCUT2D eigenvalue weighted by molar-refractivity contribution is 0.354. The molecule has 0 saturated carbocycles. The molecule has 0 aliphatic rings. The maximum absolute atomic E-state index is 9.08. The van der Waals surface area contributed by atoms with Crippen LogP contribution in [0.2, 0.25) is 0 Å². The van der Waals surface area contributed by atoms with Gasteiger partial charge in [0, 0.05) is 6.54 Å². The second-order valence-corrected chi connectivity index (χ2v) is 4.90. The molecule has 0 fully saturated rings. The standard InChI is InChI=1S/C14H15N3O2S/c1-9-11(7-15)14(20-17-9)16-8-10-4-5-12(18-2)13(6-10)19-3/h4-6,16H,8H2,1-3H3. The first-order chi connectivity index (χ1) is 9.69. The summed E-state index contributed by atoms with van der Waals surface area (Å²) in [5.41, 5.74) is 2.40. The maximum Gasteiger partial charge on any atom is 0.161 e. The number of anilines is 1. The van der Waals surface area contributed by atoms with Crippen LogP contribution in [0.5, 0.6) is 11.5 Å². The summed E-state index contributed by atoms with van der Waals surface area (Å²) in [5, 5.41) is 13.1. The van der Waals surface area contributed by atoms with E-state index in [9.17, 15) is 0 Å².